The van der Waals surface area contributed by atoms with Gasteiger partial charge in [0.05, 0.1) is 16.5 Å². The number of carbonyl (C=O) groups is 1. The highest BCUT2D eigenvalue weighted by atomic mass is 16.4. The number of aromatic nitrogens is 2. The van der Waals surface area contributed by atoms with Gasteiger partial charge in [0.1, 0.15) is 0 Å². The first-order valence-corrected chi connectivity index (χ1v) is 4.47. The summed E-state index contributed by atoms with van der Waals surface area (Å²) in [5.41, 5.74) is -0.697. The van der Waals surface area contributed by atoms with Crippen LogP contribution in [0.1, 0.15) is 10.4 Å². The lowest BCUT2D eigenvalue weighted by atomic mass is 10.1. The summed E-state index contributed by atoms with van der Waals surface area (Å²) in [4.78, 5) is 36.1. The number of nitrogens with one attached hydrogen (secondary N) is 1. The van der Waals surface area contributed by atoms with Crippen LogP contribution in [-0.4, -0.2) is 20.6 Å². The molecule has 82 valence electrons. The van der Waals surface area contributed by atoms with Crippen LogP contribution in [0, 0.1) is 0 Å². The van der Waals surface area contributed by atoms with Crippen molar-refractivity contribution in [3.05, 3.63) is 44.6 Å². The Morgan fingerprint density at radius 3 is 2.69 bits per heavy atom. The summed E-state index contributed by atoms with van der Waals surface area (Å²) in [7, 11) is 1.33. The number of benzene rings is 1. The molecule has 0 radical (unpaired) electrons. The third kappa shape index (κ3) is 1.40. The van der Waals surface area contributed by atoms with Gasteiger partial charge in [0.15, 0.2) is 0 Å². The van der Waals surface area contributed by atoms with Gasteiger partial charge in [-0.1, -0.05) is 0 Å². The molecule has 0 aliphatic rings. The number of H-pyrrole nitrogens is 1. The van der Waals surface area contributed by atoms with E-state index < -0.39 is 17.2 Å². The molecule has 1 heterocycles. The molecule has 0 saturated carbocycles. The van der Waals surface area contributed by atoms with E-state index in [0.29, 0.717) is 5.52 Å². The minimum Gasteiger partial charge on any atom is -0.478 e. The van der Waals surface area contributed by atoms with Gasteiger partial charge in [0.2, 0.25) is 0 Å². The van der Waals surface area contributed by atoms with Crippen LogP contribution in [0.25, 0.3) is 10.9 Å². The quantitative estimate of drug-likeness (QED) is 0.703. The molecule has 0 unspecified atom stereocenters. The smallest absolute Gasteiger partial charge is 0.335 e. The van der Waals surface area contributed by atoms with Crippen LogP contribution >= 0.6 is 0 Å². The highest BCUT2D eigenvalue weighted by Crippen LogP contribution is 2.08. The summed E-state index contributed by atoms with van der Waals surface area (Å²) >= 11 is 0. The minimum atomic E-state index is -1.12. The third-order valence-electron chi connectivity index (χ3n) is 2.35. The fraction of sp³-hybridized carbons (Fsp3) is 0.100. The summed E-state index contributed by atoms with van der Waals surface area (Å²) < 4.78 is 0.897. The number of aromatic carboxylic acids is 1. The van der Waals surface area contributed by atoms with Crippen LogP contribution in [0.5, 0.6) is 0 Å². The number of rotatable bonds is 1. The van der Waals surface area contributed by atoms with Crippen LogP contribution in [0.2, 0.25) is 0 Å². The first-order valence-electron chi connectivity index (χ1n) is 4.47. The Bertz CT molecular complexity index is 696. The van der Waals surface area contributed by atoms with Crippen molar-refractivity contribution in [3.8, 4) is 0 Å². The van der Waals surface area contributed by atoms with E-state index >= 15 is 0 Å². The largest absolute Gasteiger partial charge is 0.478 e. The van der Waals surface area contributed by atoms with E-state index in [9.17, 15) is 14.4 Å². The average molecular weight is 220 g/mol. The van der Waals surface area contributed by atoms with Crippen LogP contribution in [0.4, 0.5) is 0 Å². The Labute approximate surface area is 88.8 Å². The number of carboxylic acid groups (broad SMARTS) is 1. The first-order chi connectivity index (χ1) is 7.50. The summed E-state index contributed by atoms with van der Waals surface area (Å²) in [6.07, 6.45) is 0. The molecule has 2 N–H and O–H groups in total. The molecule has 2 aromatic rings. The molecule has 0 saturated heterocycles. The zero-order valence-corrected chi connectivity index (χ0v) is 8.35. The summed E-state index contributed by atoms with van der Waals surface area (Å²) in [6, 6.07) is 3.98. The molecule has 0 atom stereocenters. The van der Waals surface area contributed by atoms with Crippen LogP contribution in [0.15, 0.2) is 27.8 Å². The molecule has 2 rings (SSSR count). The SMILES string of the molecule is Cn1c(=O)[nH]c2ccc(C(=O)O)cc2c1=O. The van der Waals surface area contributed by atoms with Crippen molar-refractivity contribution in [2.24, 2.45) is 7.05 Å². The maximum atomic E-state index is 11.7. The van der Waals surface area contributed by atoms with E-state index in [4.69, 9.17) is 5.11 Å². The van der Waals surface area contributed by atoms with Gasteiger partial charge in [0.25, 0.3) is 5.56 Å². The summed E-state index contributed by atoms with van der Waals surface area (Å²) in [5.74, 6) is -1.12. The van der Waals surface area contributed by atoms with Crippen LogP contribution in [-0.2, 0) is 7.05 Å². The number of hydrogen-bond acceptors (Lipinski definition) is 3. The predicted octanol–water partition coefficient (Wildman–Crippen LogP) is -0.0750. The third-order valence-corrected chi connectivity index (χ3v) is 2.35. The van der Waals surface area contributed by atoms with Crippen LogP contribution < -0.4 is 11.2 Å². The molecule has 0 spiro atoms. The zero-order chi connectivity index (χ0) is 11.9. The Morgan fingerprint density at radius 2 is 2.06 bits per heavy atom. The van der Waals surface area contributed by atoms with Gasteiger partial charge < -0.3 is 10.1 Å². The zero-order valence-electron chi connectivity index (χ0n) is 8.35. The lowest BCUT2D eigenvalue weighted by Crippen LogP contribution is -2.32. The van der Waals surface area contributed by atoms with Crippen LogP contribution in [0.3, 0.4) is 0 Å². The molecule has 0 aliphatic heterocycles. The van der Waals surface area contributed by atoms with Gasteiger partial charge in [-0.05, 0) is 18.2 Å². The molecule has 6 nitrogen and oxygen atoms in total. The Balaban J connectivity index is 2.94. The second kappa shape index (κ2) is 3.34. The molecular weight excluding hydrogens is 212 g/mol. The molecule has 0 aliphatic carbocycles. The van der Waals surface area contributed by atoms with Crippen molar-refractivity contribution in [2.75, 3.05) is 0 Å². The maximum Gasteiger partial charge on any atom is 0.335 e. The molecule has 1 aromatic heterocycles. The molecule has 16 heavy (non-hydrogen) atoms. The number of nitrogens with zero attached hydrogens (tertiary/aromatic N) is 1. The van der Waals surface area contributed by atoms with Crippen molar-refractivity contribution in [1.29, 1.82) is 0 Å². The van der Waals surface area contributed by atoms with Crippen molar-refractivity contribution in [2.45, 2.75) is 0 Å². The topological polar surface area (TPSA) is 92.2 Å². The van der Waals surface area contributed by atoms with E-state index in [1.165, 1.54) is 25.2 Å². The maximum absolute atomic E-state index is 11.7. The van der Waals surface area contributed by atoms with Crippen molar-refractivity contribution < 1.29 is 9.90 Å². The normalized spacial score (nSPS) is 10.6. The van der Waals surface area contributed by atoms with Gasteiger partial charge in [-0.15, -0.1) is 0 Å². The molecule has 1 aromatic carbocycles. The number of fused-ring (bicyclic) bond motifs is 1. The van der Waals surface area contributed by atoms with E-state index in [-0.39, 0.29) is 10.9 Å². The second-order valence-corrected chi connectivity index (χ2v) is 3.36. The van der Waals surface area contributed by atoms with Gasteiger partial charge in [-0.2, -0.15) is 0 Å². The van der Waals surface area contributed by atoms with Gasteiger partial charge in [-0.3, -0.25) is 9.36 Å². The second-order valence-electron chi connectivity index (χ2n) is 3.36. The predicted molar refractivity (Wildman–Crippen MR) is 56.8 cm³/mol. The fourth-order valence-electron chi connectivity index (χ4n) is 1.44. The van der Waals surface area contributed by atoms with E-state index in [1.807, 2.05) is 0 Å². The molecule has 0 bridgehead atoms. The Kier molecular flexibility index (Phi) is 2.12. The lowest BCUT2D eigenvalue weighted by Gasteiger charge is -2.01. The molecular formula is C10H8N2O4. The number of carboxylic acids is 1. The van der Waals surface area contributed by atoms with Crippen molar-refractivity contribution in [1.82, 2.24) is 9.55 Å². The highest BCUT2D eigenvalue weighted by Gasteiger charge is 2.08. The standard InChI is InChI=1S/C10H8N2O4/c1-12-8(13)6-4-5(9(14)15)2-3-7(6)11-10(12)16/h2-4H,1H3,(H,11,16)(H,14,15). The average Bonchev–Trinajstić information content (AvgIpc) is 2.25. The molecule has 0 fully saturated rings. The highest BCUT2D eigenvalue weighted by molar-refractivity contribution is 5.92. The Morgan fingerprint density at radius 1 is 1.38 bits per heavy atom. The van der Waals surface area contributed by atoms with Gasteiger partial charge in [-0.25, -0.2) is 9.59 Å². The summed E-state index contributed by atoms with van der Waals surface area (Å²) in [5, 5.41) is 8.96. The molecule has 6 heteroatoms. The minimum absolute atomic E-state index is 0.0108. The van der Waals surface area contributed by atoms with Gasteiger partial charge in [0, 0.05) is 7.05 Å². The first kappa shape index (κ1) is 10.2. The van der Waals surface area contributed by atoms with E-state index in [2.05, 4.69) is 4.98 Å². The van der Waals surface area contributed by atoms with E-state index in [1.54, 1.807) is 0 Å². The molecule has 0 amide bonds. The van der Waals surface area contributed by atoms with Gasteiger partial charge >= 0.3 is 11.7 Å². The lowest BCUT2D eigenvalue weighted by molar-refractivity contribution is 0.0697. The van der Waals surface area contributed by atoms with E-state index in [0.717, 1.165) is 4.57 Å². The van der Waals surface area contributed by atoms with Crippen molar-refractivity contribution in [3.63, 3.8) is 0 Å². The number of aromatic amines is 1. The fourth-order valence-corrected chi connectivity index (χ4v) is 1.44. The summed E-state index contributed by atoms with van der Waals surface area (Å²) in [6.45, 7) is 0. The Hall–Kier alpha value is -2.37. The van der Waals surface area contributed by atoms with Crippen molar-refractivity contribution >= 4 is 16.9 Å². The number of hydrogen-bond donors (Lipinski definition) is 2. The monoisotopic (exact) mass is 220 g/mol.